The predicted octanol–water partition coefficient (Wildman–Crippen LogP) is 3.74. The molecule has 0 spiro atoms. The van der Waals surface area contributed by atoms with Crippen molar-refractivity contribution >= 4 is 28.5 Å². The standard InChI is InChI=1S/C20H22ClN3O2/c1-3-23-17-9-4-5-10-18(17)24(20(23)26)12-11-19(25)22-14(2)15-7-6-8-16(21)13-15/h4-10,13-14H,3,11-12H2,1-2H3,(H,22,25). The summed E-state index contributed by atoms with van der Waals surface area (Å²) in [7, 11) is 0. The van der Waals surface area contributed by atoms with Gasteiger partial charge >= 0.3 is 5.69 Å². The molecule has 0 radical (unpaired) electrons. The molecule has 0 fully saturated rings. The van der Waals surface area contributed by atoms with Gasteiger partial charge in [-0.15, -0.1) is 0 Å². The van der Waals surface area contributed by atoms with E-state index >= 15 is 0 Å². The van der Waals surface area contributed by atoms with Gasteiger partial charge < -0.3 is 5.32 Å². The molecule has 0 aliphatic rings. The fourth-order valence-corrected chi connectivity index (χ4v) is 3.38. The van der Waals surface area contributed by atoms with E-state index in [1.807, 2.05) is 56.3 Å². The van der Waals surface area contributed by atoms with Crippen LogP contribution in [0.5, 0.6) is 0 Å². The minimum Gasteiger partial charge on any atom is -0.350 e. The lowest BCUT2D eigenvalue weighted by Gasteiger charge is -2.14. The first kappa shape index (κ1) is 18.3. The third kappa shape index (κ3) is 3.68. The van der Waals surface area contributed by atoms with E-state index in [-0.39, 0.29) is 24.1 Å². The van der Waals surface area contributed by atoms with Crippen LogP contribution in [0.1, 0.15) is 31.9 Å². The zero-order valence-corrected chi connectivity index (χ0v) is 15.7. The number of aryl methyl sites for hydroxylation is 2. The van der Waals surface area contributed by atoms with Crippen molar-refractivity contribution in [1.29, 1.82) is 0 Å². The van der Waals surface area contributed by atoms with Gasteiger partial charge in [0.25, 0.3) is 0 Å². The number of imidazole rings is 1. The molecule has 3 aromatic rings. The summed E-state index contributed by atoms with van der Waals surface area (Å²) in [6.07, 6.45) is 0.239. The number of fused-ring (bicyclic) bond motifs is 1. The van der Waals surface area contributed by atoms with Crippen molar-refractivity contribution in [3.05, 3.63) is 69.6 Å². The number of aromatic nitrogens is 2. The van der Waals surface area contributed by atoms with E-state index in [1.165, 1.54) is 0 Å². The Bertz CT molecular complexity index is 990. The Hall–Kier alpha value is -2.53. The number of nitrogens with zero attached hydrogens (tertiary/aromatic N) is 2. The molecule has 3 rings (SSSR count). The summed E-state index contributed by atoms with van der Waals surface area (Å²) in [6.45, 7) is 4.81. The lowest BCUT2D eigenvalue weighted by atomic mass is 10.1. The number of para-hydroxylation sites is 2. The van der Waals surface area contributed by atoms with Gasteiger partial charge in [-0.3, -0.25) is 13.9 Å². The highest BCUT2D eigenvalue weighted by Gasteiger charge is 2.14. The molecular weight excluding hydrogens is 350 g/mol. The van der Waals surface area contributed by atoms with Gasteiger partial charge in [0.2, 0.25) is 5.91 Å². The van der Waals surface area contributed by atoms with Crippen molar-refractivity contribution in [1.82, 2.24) is 14.5 Å². The van der Waals surface area contributed by atoms with Crippen LogP contribution in [-0.2, 0) is 17.9 Å². The number of nitrogens with one attached hydrogen (secondary N) is 1. The first-order valence-corrected chi connectivity index (χ1v) is 9.12. The highest BCUT2D eigenvalue weighted by molar-refractivity contribution is 6.30. The van der Waals surface area contributed by atoms with Crippen LogP contribution >= 0.6 is 11.6 Å². The molecule has 0 saturated carbocycles. The molecule has 1 atom stereocenters. The summed E-state index contributed by atoms with van der Waals surface area (Å²) in [4.78, 5) is 24.9. The number of rotatable bonds is 6. The van der Waals surface area contributed by atoms with Crippen molar-refractivity contribution in [3.63, 3.8) is 0 Å². The number of halogens is 1. The third-order valence-corrected chi connectivity index (χ3v) is 4.77. The van der Waals surface area contributed by atoms with Gasteiger partial charge in [-0.1, -0.05) is 35.9 Å². The Morgan fingerprint density at radius 1 is 1.12 bits per heavy atom. The summed E-state index contributed by atoms with van der Waals surface area (Å²) >= 11 is 6.00. The quantitative estimate of drug-likeness (QED) is 0.717. The molecule has 1 unspecified atom stereocenters. The van der Waals surface area contributed by atoms with Crippen LogP contribution in [0.2, 0.25) is 5.02 Å². The topological polar surface area (TPSA) is 56.0 Å². The smallest absolute Gasteiger partial charge is 0.329 e. The molecule has 0 saturated heterocycles. The van der Waals surface area contributed by atoms with Crippen LogP contribution in [0.3, 0.4) is 0 Å². The first-order chi connectivity index (χ1) is 12.5. The van der Waals surface area contributed by atoms with Crippen molar-refractivity contribution in [2.75, 3.05) is 0 Å². The van der Waals surface area contributed by atoms with E-state index in [0.29, 0.717) is 18.1 Å². The normalized spacial score (nSPS) is 12.3. The van der Waals surface area contributed by atoms with Crippen molar-refractivity contribution in [3.8, 4) is 0 Å². The molecule has 1 N–H and O–H groups in total. The van der Waals surface area contributed by atoms with E-state index in [9.17, 15) is 9.59 Å². The van der Waals surface area contributed by atoms with Crippen LogP contribution in [0.4, 0.5) is 0 Å². The Balaban J connectivity index is 1.71. The first-order valence-electron chi connectivity index (χ1n) is 8.74. The van der Waals surface area contributed by atoms with Crippen LogP contribution in [0.15, 0.2) is 53.3 Å². The number of amides is 1. The zero-order valence-electron chi connectivity index (χ0n) is 14.9. The van der Waals surface area contributed by atoms with Gasteiger partial charge in [0.15, 0.2) is 0 Å². The number of benzene rings is 2. The monoisotopic (exact) mass is 371 g/mol. The third-order valence-electron chi connectivity index (χ3n) is 4.53. The number of carbonyl (C=O) groups excluding carboxylic acids is 1. The minimum absolute atomic E-state index is 0.0793. The second-order valence-corrected chi connectivity index (χ2v) is 6.70. The number of carbonyl (C=O) groups is 1. The van der Waals surface area contributed by atoms with E-state index < -0.39 is 0 Å². The van der Waals surface area contributed by atoms with Crippen LogP contribution in [-0.4, -0.2) is 15.0 Å². The van der Waals surface area contributed by atoms with E-state index in [4.69, 9.17) is 11.6 Å². The number of hydrogen-bond acceptors (Lipinski definition) is 2. The highest BCUT2D eigenvalue weighted by Crippen LogP contribution is 2.17. The Morgan fingerprint density at radius 3 is 2.46 bits per heavy atom. The Kier molecular flexibility index (Phi) is 5.47. The fraction of sp³-hybridized carbons (Fsp3) is 0.300. The lowest BCUT2D eigenvalue weighted by molar-refractivity contribution is -0.121. The van der Waals surface area contributed by atoms with Gasteiger partial charge in [0.05, 0.1) is 17.1 Å². The molecule has 0 aliphatic carbocycles. The highest BCUT2D eigenvalue weighted by atomic mass is 35.5. The maximum atomic E-state index is 12.6. The minimum atomic E-state index is -0.144. The van der Waals surface area contributed by atoms with Crippen LogP contribution < -0.4 is 11.0 Å². The Labute approximate surface area is 157 Å². The second kappa shape index (κ2) is 7.79. The van der Waals surface area contributed by atoms with Crippen LogP contribution in [0.25, 0.3) is 11.0 Å². The van der Waals surface area contributed by atoms with Gasteiger partial charge in [0.1, 0.15) is 0 Å². The van der Waals surface area contributed by atoms with Gasteiger partial charge in [-0.25, -0.2) is 4.79 Å². The van der Waals surface area contributed by atoms with Crippen LogP contribution in [0, 0.1) is 0 Å². The molecule has 6 heteroatoms. The van der Waals surface area contributed by atoms with E-state index in [0.717, 1.165) is 16.6 Å². The molecule has 1 aromatic heterocycles. The maximum Gasteiger partial charge on any atom is 0.329 e. The molecule has 5 nitrogen and oxygen atoms in total. The van der Waals surface area contributed by atoms with Crippen molar-refractivity contribution in [2.45, 2.75) is 39.4 Å². The summed E-state index contributed by atoms with van der Waals surface area (Å²) in [5.41, 5.74) is 2.62. The maximum absolute atomic E-state index is 12.6. The summed E-state index contributed by atoms with van der Waals surface area (Å²) in [6, 6.07) is 14.9. The molecule has 136 valence electrons. The summed E-state index contributed by atoms with van der Waals surface area (Å²) in [5, 5.41) is 3.60. The predicted molar refractivity (Wildman–Crippen MR) is 104 cm³/mol. The lowest BCUT2D eigenvalue weighted by Crippen LogP contribution is -2.30. The van der Waals surface area contributed by atoms with Crippen molar-refractivity contribution < 1.29 is 4.79 Å². The molecule has 1 amide bonds. The molecule has 0 aliphatic heterocycles. The summed E-state index contributed by atoms with van der Waals surface area (Å²) < 4.78 is 3.39. The molecular formula is C20H22ClN3O2. The summed E-state index contributed by atoms with van der Waals surface area (Å²) in [5.74, 6) is -0.0993. The molecule has 0 bridgehead atoms. The molecule has 26 heavy (non-hydrogen) atoms. The Morgan fingerprint density at radius 2 is 1.81 bits per heavy atom. The van der Waals surface area contributed by atoms with E-state index in [1.54, 1.807) is 15.2 Å². The average Bonchev–Trinajstić information content (AvgIpc) is 2.90. The van der Waals surface area contributed by atoms with Gasteiger partial charge in [-0.2, -0.15) is 0 Å². The fourth-order valence-electron chi connectivity index (χ4n) is 3.18. The van der Waals surface area contributed by atoms with Crippen molar-refractivity contribution in [2.24, 2.45) is 0 Å². The SMILES string of the molecule is CCn1c(=O)n(CCC(=O)NC(C)c2cccc(Cl)c2)c2ccccc21. The van der Waals surface area contributed by atoms with E-state index in [2.05, 4.69) is 5.32 Å². The average molecular weight is 372 g/mol. The van der Waals surface area contributed by atoms with Gasteiger partial charge in [-0.05, 0) is 43.7 Å². The molecule has 2 aromatic carbocycles. The van der Waals surface area contributed by atoms with Gasteiger partial charge in [0, 0.05) is 24.5 Å². The number of hydrogen-bond donors (Lipinski definition) is 1. The largest absolute Gasteiger partial charge is 0.350 e. The second-order valence-electron chi connectivity index (χ2n) is 6.26. The molecule has 1 heterocycles. The zero-order chi connectivity index (χ0) is 18.7.